The lowest BCUT2D eigenvalue weighted by Gasteiger charge is -2.35. The Kier molecular flexibility index (Phi) is 2.46. The Balaban J connectivity index is 2.46. The van der Waals surface area contributed by atoms with Crippen LogP contribution in [0.15, 0.2) is 24.3 Å². The van der Waals surface area contributed by atoms with E-state index in [0.717, 1.165) is 5.56 Å². The van der Waals surface area contributed by atoms with Crippen molar-refractivity contribution in [1.82, 2.24) is 4.90 Å². The number of nitrogens with zero attached hydrogens (tertiary/aromatic N) is 1. The molecule has 1 aromatic rings. The summed E-state index contributed by atoms with van der Waals surface area (Å²) >= 11 is 0. The normalized spacial score (nSPS) is 22.5. The SMILES string of the molecule is CN1CCc2ccccc2C1C(F)(F)F. The highest BCUT2D eigenvalue weighted by Gasteiger charge is 2.45. The second-order valence-electron chi connectivity index (χ2n) is 3.87. The molecule has 1 aliphatic rings. The van der Waals surface area contributed by atoms with Crippen LogP contribution in [0.25, 0.3) is 0 Å². The van der Waals surface area contributed by atoms with Crippen molar-refractivity contribution in [2.75, 3.05) is 13.6 Å². The van der Waals surface area contributed by atoms with Gasteiger partial charge in [-0.3, -0.25) is 4.90 Å². The Bertz CT molecular complexity index is 359. The maximum atomic E-state index is 12.8. The summed E-state index contributed by atoms with van der Waals surface area (Å²) in [7, 11) is 1.52. The third-order valence-electron chi connectivity index (χ3n) is 2.83. The largest absolute Gasteiger partial charge is 0.408 e. The highest BCUT2D eigenvalue weighted by atomic mass is 19.4. The molecule has 15 heavy (non-hydrogen) atoms. The van der Waals surface area contributed by atoms with Crippen molar-refractivity contribution in [3.05, 3.63) is 35.4 Å². The minimum Gasteiger partial charge on any atom is -0.291 e. The van der Waals surface area contributed by atoms with E-state index in [4.69, 9.17) is 0 Å². The number of rotatable bonds is 0. The Morgan fingerprint density at radius 3 is 2.60 bits per heavy atom. The zero-order valence-corrected chi connectivity index (χ0v) is 8.38. The zero-order chi connectivity index (χ0) is 11.1. The molecule has 4 heteroatoms. The van der Waals surface area contributed by atoms with Crippen LogP contribution >= 0.6 is 0 Å². The Labute approximate surface area is 86.5 Å². The van der Waals surface area contributed by atoms with Crippen molar-refractivity contribution in [3.63, 3.8) is 0 Å². The lowest BCUT2D eigenvalue weighted by Crippen LogP contribution is -2.40. The fraction of sp³-hybridized carbons (Fsp3) is 0.455. The topological polar surface area (TPSA) is 3.24 Å². The molecule has 1 heterocycles. The van der Waals surface area contributed by atoms with Crippen LogP contribution in [0.1, 0.15) is 17.2 Å². The van der Waals surface area contributed by atoms with E-state index >= 15 is 0 Å². The van der Waals surface area contributed by atoms with Crippen molar-refractivity contribution in [2.24, 2.45) is 0 Å². The predicted molar refractivity (Wildman–Crippen MR) is 51.6 cm³/mol. The lowest BCUT2D eigenvalue weighted by atomic mass is 9.93. The van der Waals surface area contributed by atoms with Gasteiger partial charge in [0, 0.05) is 6.54 Å². The number of hydrogen-bond acceptors (Lipinski definition) is 1. The highest BCUT2D eigenvalue weighted by Crippen LogP contribution is 2.40. The molecule has 1 aliphatic heterocycles. The molecule has 0 amide bonds. The number of fused-ring (bicyclic) bond motifs is 1. The third-order valence-corrected chi connectivity index (χ3v) is 2.83. The van der Waals surface area contributed by atoms with Crippen molar-refractivity contribution < 1.29 is 13.2 Å². The molecule has 1 unspecified atom stereocenters. The molecular formula is C11H12F3N. The first-order valence-corrected chi connectivity index (χ1v) is 4.85. The van der Waals surface area contributed by atoms with Crippen molar-refractivity contribution in [1.29, 1.82) is 0 Å². The predicted octanol–water partition coefficient (Wildman–Crippen LogP) is 2.78. The van der Waals surface area contributed by atoms with E-state index in [1.807, 2.05) is 0 Å². The molecule has 0 saturated heterocycles. The summed E-state index contributed by atoms with van der Waals surface area (Å²) in [6.07, 6.45) is -3.50. The van der Waals surface area contributed by atoms with E-state index in [-0.39, 0.29) is 0 Å². The minimum absolute atomic E-state index is 0.402. The first-order chi connectivity index (χ1) is 7.00. The molecule has 1 nitrogen and oxygen atoms in total. The quantitative estimate of drug-likeness (QED) is 0.643. The average molecular weight is 215 g/mol. The van der Waals surface area contributed by atoms with Crippen molar-refractivity contribution >= 4 is 0 Å². The van der Waals surface area contributed by atoms with Crippen LogP contribution in [-0.4, -0.2) is 24.7 Å². The van der Waals surface area contributed by atoms with E-state index in [1.54, 1.807) is 24.3 Å². The average Bonchev–Trinajstić information content (AvgIpc) is 2.15. The second kappa shape index (κ2) is 3.52. The summed E-state index contributed by atoms with van der Waals surface area (Å²) in [5, 5.41) is 0. The summed E-state index contributed by atoms with van der Waals surface area (Å²) in [6, 6.07) is 5.36. The van der Waals surface area contributed by atoms with Crippen LogP contribution in [0.5, 0.6) is 0 Å². The van der Waals surface area contributed by atoms with Gasteiger partial charge in [-0.05, 0) is 24.6 Å². The monoisotopic (exact) mass is 215 g/mol. The van der Waals surface area contributed by atoms with Crippen LogP contribution in [0.2, 0.25) is 0 Å². The molecule has 0 aromatic heterocycles. The number of alkyl halides is 3. The van der Waals surface area contributed by atoms with Gasteiger partial charge < -0.3 is 0 Å². The Morgan fingerprint density at radius 1 is 1.27 bits per heavy atom. The molecule has 0 bridgehead atoms. The van der Waals surface area contributed by atoms with E-state index in [9.17, 15) is 13.2 Å². The van der Waals surface area contributed by atoms with Gasteiger partial charge in [0.25, 0.3) is 0 Å². The molecule has 0 N–H and O–H groups in total. The molecule has 0 aliphatic carbocycles. The molecule has 0 saturated carbocycles. The number of hydrogen-bond donors (Lipinski definition) is 0. The lowest BCUT2D eigenvalue weighted by molar-refractivity contribution is -0.185. The zero-order valence-electron chi connectivity index (χ0n) is 8.38. The Morgan fingerprint density at radius 2 is 1.93 bits per heavy atom. The standard InChI is InChI=1S/C11H12F3N/c1-15-7-6-8-4-2-3-5-9(8)10(15)11(12,13)14/h2-5,10H,6-7H2,1H3. The third kappa shape index (κ3) is 1.86. The van der Waals surface area contributed by atoms with Gasteiger partial charge in [-0.15, -0.1) is 0 Å². The molecule has 0 radical (unpaired) electrons. The van der Waals surface area contributed by atoms with E-state index in [1.165, 1.54) is 11.9 Å². The summed E-state index contributed by atoms with van der Waals surface area (Å²) in [6.45, 7) is 0.460. The van der Waals surface area contributed by atoms with Gasteiger partial charge in [0.15, 0.2) is 0 Å². The van der Waals surface area contributed by atoms with Gasteiger partial charge in [-0.25, -0.2) is 0 Å². The van der Waals surface area contributed by atoms with Crippen LogP contribution in [0.3, 0.4) is 0 Å². The molecular weight excluding hydrogens is 203 g/mol. The first kappa shape index (κ1) is 10.5. The van der Waals surface area contributed by atoms with Gasteiger partial charge in [0.1, 0.15) is 6.04 Å². The van der Waals surface area contributed by atoms with Crippen LogP contribution in [0.4, 0.5) is 13.2 Å². The minimum atomic E-state index is -4.19. The molecule has 2 rings (SSSR count). The maximum Gasteiger partial charge on any atom is 0.408 e. The Hall–Kier alpha value is -1.03. The number of benzene rings is 1. The number of likely N-dealkylation sites (N-methyl/N-ethyl adjacent to an activating group) is 1. The number of halogens is 3. The van der Waals surface area contributed by atoms with Crippen molar-refractivity contribution in [2.45, 2.75) is 18.6 Å². The van der Waals surface area contributed by atoms with Gasteiger partial charge >= 0.3 is 6.18 Å². The van der Waals surface area contributed by atoms with E-state index in [0.29, 0.717) is 18.5 Å². The van der Waals surface area contributed by atoms with Crippen molar-refractivity contribution in [3.8, 4) is 0 Å². The fourth-order valence-electron chi connectivity index (χ4n) is 2.12. The summed E-state index contributed by atoms with van der Waals surface area (Å²) < 4.78 is 38.5. The van der Waals surface area contributed by atoms with Gasteiger partial charge in [0.05, 0.1) is 0 Å². The fourth-order valence-corrected chi connectivity index (χ4v) is 2.12. The maximum absolute atomic E-state index is 12.8. The molecule has 0 spiro atoms. The highest BCUT2D eigenvalue weighted by molar-refractivity contribution is 5.33. The van der Waals surface area contributed by atoms with Gasteiger partial charge in [-0.1, -0.05) is 24.3 Å². The molecule has 82 valence electrons. The summed E-state index contributed by atoms with van der Waals surface area (Å²) in [4.78, 5) is 1.36. The molecule has 1 atom stereocenters. The van der Waals surface area contributed by atoms with E-state index < -0.39 is 12.2 Å². The van der Waals surface area contributed by atoms with Gasteiger partial charge in [-0.2, -0.15) is 13.2 Å². The first-order valence-electron chi connectivity index (χ1n) is 4.85. The summed E-state index contributed by atoms with van der Waals surface area (Å²) in [5.74, 6) is 0. The van der Waals surface area contributed by atoms with Gasteiger partial charge in [0.2, 0.25) is 0 Å². The van der Waals surface area contributed by atoms with E-state index in [2.05, 4.69) is 0 Å². The van der Waals surface area contributed by atoms with Crippen LogP contribution in [0, 0.1) is 0 Å². The molecule has 0 fully saturated rings. The smallest absolute Gasteiger partial charge is 0.291 e. The van der Waals surface area contributed by atoms with Crippen LogP contribution < -0.4 is 0 Å². The molecule has 1 aromatic carbocycles. The summed E-state index contributed by atoms with van der Waals surface area (Å²) in [5.41, 5.74) is 1.22. The van der Waals surface area contributed by atoms with Crippen LogP contribution in [-0.2, 0) is 6.42 Å². The second-order valence-corrected chi connectivity index (χ2v) is 3.87.